The molecule has 4 rings (SSSR count). The summed E-state index contributed by atoms with van der Waals surface area (Å²) in [4.78, 5) is 55.0. The van der Waals surface area contributed by atoms with Gasteiger partial charge in [0.2, 0.25) is 11.8 Å². The fraction of sp³-hybridized carbons (Fsp3) is 0.720. The van der Waals surface area contributed by atoms with Gasteiger partial charge in [-0.3, -0.25) is 9.59 Å². The average molecular weight is 532 g/mol. The minimum Gasteiger partial charge on any atom is -0.479 e. The average Bonchev–Trinajstić information content (AvgIpc) is 3.14. The van der Waals surface area contributed by atoms with E-state index in [9.17, 15) is 24.3 Å². The number of fused-ring (bicyclic) bond motifs is 2. The van der Waals surface area contributed by atoms with E-state index in [1.807, 2.05) is 12.2 Å². The normalized spacial score (nSPS) is 31.2. The summed E-state index contributed by atoms with van der Waals surface area (Å²) in [5, 5.41) is 27.6. The molecule has 208 valence electrons. The van der Waals surface area contributed by atoms with E-state index in [1.165, 1.54) is 9.70 Å². The number of nitrogens with one attached hydrogen (secondary N) is 2. The molecular formula is C25H37N7O6. The maximum absolute atomic E-state index is 13.9. The van der Waals surface area contributed by atoms with Crippen molar-refractivity contribution in [1.82, 2.24) is 35.7 Å². The van der Waals surface area contributed by atoms with E-state index in [2.05, 4.69) is 26.0 Å². The van der Waals surface area contributed by atoms with Gasteiger partial charge in [0.25, 0.3) is 0 Å². The zero-order chi connectivity index (χ0) is 27.7. The van der Waals surface area contributed by atoms with Crippen LogP contribution in [-0.2, 0) is 19.1 Å². The molecule has 0 aromatic carbocycles. The number of ether oxygens (including phenoxy) is 1. The molecule has 1 aromatic rings. The van der Waals surface area contributed by atoms with E-state index >= 15 is 0 Å². The van der Waals surface area contributed by atoms with Gasteiger partial charge in [0.05, 0.1) is 6.04 Å². The molecule has 0 radical (unpaired) electrons. The molecule has 1 aliphatic carbocycles. The van der Waals surface area contributed by atoms with Gasteiger partial charge in [0.15, 0.2) is 5.82 Å². The fourth-order valence-corrected chi connectivity index (χ4v) is 5.15. The predicted octanol–water partition coefficient (Wildman–Crippen LogP) is 1.50. The van der Waals surface area contributed by atoms with Crippen molar-refractivity contribution >= 4 is 23.9 Å². The molecule has 3 heterocycles. The Balaban J connectivity index is 1.63. The summed E-state index contributed by atoms with van der Waals surface area (Å²) in [5.74, 6) is -1.94. The summed E-state index contributed by atoms with van der Waals surface area (Å²) in [5.41, 5.74) is -2.14. The zero-order valence-electron chi connectivity index (χ0n) is 22.3. The Morgan fingerprint density at radius 3 is 2.66 bits per heavy atom. The first kappa shape index (κ1) is 27.5. The number of aromatic nitrogens is 4. The van der Waals surface area contributed by atoms with Crippen molar-refractivity contribution in [2.75, 3.05) is 6.54 Å². The molecule has 2 fully saturated rings. The Labute approximate surface area is 221 Å². The van der Waals surface area contributed by atoms with Crippen LogP contribution in [0, 0.1) is 12.8 Å². The number of nitrogens with zero attached hydrogens (tertiary/aromatic N) is 5. The van der Waals surface area contributed by atoms with Crippen LogP contribution in [-0.4, -0.2) is 83.9 Å². The zero-order valence-corrected chi connectivity index (χ0v) is 22.3. The Hall–Kier alpha value is -3.51. The van der Waals surface area contributed by atoms with Crippen LogP contribution in [0.2, 0.25) is 0 Å². The van der Waals surface area contributed by atoms with Crippen LogP contribution in [0.3, 0.4) is 0 Å². The topological polar surface area (TPSA) is 169 Å². The van der Waals surface area contributed by atoms with Gasteiger partial charge in [-0.05, 0) is 58.6 Å². The summed E-state index contributed by atoms with van der Waals surface area (Å²) in [7, 11) is 0. The van der Waals surface area contributed by atoms with Crippen LogP contribution >= 0.6 is 0 Å². The number of carboxylic acid groups (broad SMARTS) is 1. The van der Waals surface area contributed by atoms with Crippen molar-refractivity contribution in [2.45, 2.75) is 102 Å². The molecule has 13 nitrogen and oxygen atoms in total. The lowest BCUT2D eigenvalue weighted by Crippen LogP contribution is -2.56. The third-order valence-corrected chi connectivity index (χ3v) is 7.18. The molecule has 3 N–H and O–H groups in total. The number of hydrogen-bond acceptors (Lipinski definition) is 8. The van der Waals surface area contributed by atoms with Gasteiger partial charge in [-0.2, -0.15) is 4.80 Å². The SMILES string of the molecule is Cc1nnn([C@@H]2C[C@H]3C(=O)N[C@]4(C(=O)O)C[C@H]4/C=C\CCCCC[C@H](NC(=O)OC(C)(C)C)C(=O)N3C2)n1. The standard InChI is InChI=1S/C25H37N7O6/c1-15-28-30-32(29-15)17-12-19-20(33)27-25(22(35)36)13-16(25)10-8-6-5-7-9-11-18(21(34)31(19)14-17)26-23(37)38-24(2,3)4/h8,10,16-19H,5-7,9,11-14H2,1-4H3,(H,26,37)(H,27,33)(H,35,36)/b10-8-/t16-,17-,18+,19+,25-/m1/s1. The third kappa shape index (κ3) is 6.13. The maximum atomic E-state index is 13.9. The van der Waals surface area contributed by atoms with Gasteiger partial charge in [-0.25, -0.2) is 9.59 Å². The lowest BCUT2D eigenvalue weighted by Gasteiger charge is -2.30. The smallest absolute Gasteiger partial charge is 0.408 e. The number of allylic oxidation sites excluding steroid dienone is 1. The van der Waals surface area contributed by atoms with Gasteiger partial charge in [-0.15, -0.1) is 10.2 Å². The Kier molecular flexibility index (Phi) is 7.75. The van der Waals surface area contributed by atoms with Crippen LogP contribution < -0.4 is 10.6 Å². The number of carbonyl (C=O) groups excluding carboxylic acids is 3. The highest BCUT2D eigenvalue weighted by atomic mass is 16.6. The summed E-state index contributed by atoms with van der Waals surface area (Å²) < 4.78 is 5.39. The molecule has 0 bridgehead atoms. The van der Waals surface area contributed by atoms with Crippen molar-refractivity contribution in [2.24, 2.45) is 5.92 Å². The van der Waals surface area contributed by atoms with Gasteiger partial charge < -0.3 is 25.4 Å². The molecule has 2 aliphatic heterocycles. The Bertz CT molecular complexity index is 1110. The Morgan fingerprint density at radius 2 is 2.00 bits per heavy atom. The van der Waals surface area contributed by atoms with E-state index in [4.69, 9.17) is 4.74 Å². The summed E-state index contributed by atoms with van der Waals surface area (Å²) in [6.07, 6.45) is 7.08. The summed E-state index contributed by atoms with van der Waals surface area (Å²) >= 11 is 0. The summed E-state index contributed by atoms with van der Waals surface area (Å²) in [6, 6.07) is -2.31. The van der Waals surface area contributed by atoms with E-state index in [0.29, 0.717) is 25.1 Å². The molecular weight excluding hydrogens is 494 g/mol. The highest BCUT2D eigenvalue weighted by Gasteiger charge is 2.61. The van der Waals surface area contributed by atoms with Crippen LogP contribution in [0.4, 0.5) is 4.79 Å². The molecule has 0 unspecified atom stereocenters. The van der Waals surface area contributed by atoms with E-state index in [-0.39, 0.29) is 18.9 Å². The second-order valence-electron chi connectivity index (χ2n) is 11.4. The molecule has 1 aromatic heterocycles. The number of amides is 3. The highest BCUT2D eigenvalue weighted by molar-refractivity contribution is 5.96. The van der Waals surface area contributed by atoms with E-state index in [0.717, 1.165) is 19.3 Å². The number of rotatable bonds is 3. The number of aryl methyl sites for hydroxylation is 1. The van der Waals surface area contributed by atoms with Gasteiger partial charge in [-0.1, -0.05) is 25.0 Å². The number of aliphatic carboxylic acids is 1. The van der Waals surface area contributed by atoms with E-state index < -0.39 is 53.1 Å². The maximum Gasteiger partial charge on any atom is 0.408 e. The van der Waals surface area contributed by atoms with Gasteiger partial charge in [0, 0.05) is 18.9 Å². The molecule has 0 spiro atoms. The number of carbonyl (C=O) groups is 4. The lowest BCUT2D eigenvalue weighted by molar-refractivity contribution is -0.145. The highest BCUT2D eigenvalue weighted by Crippen LogP contribution is 2.45. The summed E-state index contributed by atoms with van der Waals surface area (Å²) in [6.45, 7) is 7.01. The molecule has 3 aliphatic rings. The number of carboxylic acids is 1. The molecule has 38 heavy (non-hydrogen) atoms. The van der Waals surface area contributed by atoms with Crippen LogP contribution in [0.15, 0.2) is 12.2 Å². The minimum absolute atomic E-state index is 0.114. The first-order valence-corrected chi connectivity index (χ1v) is 13.2. The molecule has 3 amide bonds. The quantitative estimate of drug-likeness (QED) is 0.489. The monoisotopic (exact) mass is 531 g/mol. The van der Waals surface area contributed by atoms with Gasteiger partial charge in [0.1, 0.15) is 23.2 Å². The predicted molar refractivity (Wildman–Crippen MR) is 134 cm³/mol. The van der Waals surface area contributed by atoms with Crippen molar-refractivity contribution in [3.8, 4) is 0 Å². The van der Waals surface area contributed by atoms with Gasteiger partial charge >= 0.3 is 12.1 Å². The first-order chi connectivity index (χ1) is 17.9. The molecule has 5 atom stereocenters. The van der Waals surface area contributed by atoms with Crippen LogP contribution in [0.25, 0.3) is 0 Å². The molecule has 1 saturated carbocycles. The van der Waals surface area contributed by atoms with Crippen LogP contribution in [0.5, 0.6) is 0 Å². The largest absolute Gasteiger partial charge is 0.479 e. The fourth-order valence-electron chi connectivity index (χ4n) is 5.15. The van der Waals surface area contributed by atoms with E-state index in [1.54, 1.807) is 27.7 Å². The minimum atomic E-state index is -1.39. The van der Waals surface area contributed by atoms with Crippen LogP contribution in [0.1, 0.15) is 77.6 Å². The number of tetrazole rings is 1. The second-order valence-corrected chi connectivity index (χ2v) is 11.4. The van der Waals surface area contributed by atoms with Crippen molar-refractivity contribution in [3.05, 3.63) is 18.0 Å². The molecule has 1 saturated heterocycles. The number of hydrogen-bond donors (Lipinski definition) is 3. The van der Waals surface area contributed by atoms with Crippen molar-refractivity contribution < 1.29 is 29.0 Å². The molecule has 13 heteroatoms. The third-order valence-electron chi connectivity index (χ3n) is 7.18. The van der Waals surface area contributed by atoms with Crippen molar-refractivity contribution in [1.29, 1.82) is 0 Å². The lowest BCUT2D eigenvalue weighted by atomic mass is 10.0. The number of alkyl carbamates (subject to hydrolysis) is 1. The first-order valence-electron chi connectivity index (χ1n) is 13.2. The van der Waals surface area contributed by atoms with Crippen molar-refractivity contribution in [3.63, 3.8) is 0 Å². The second kappa shape index (κ2) is 10.7. The Morgan fingerprint density at radius 1 is 1.24 bits per heavy atom.